The number of benzene rings is 1. The lowest BCUT2D eigenvalue weighted by atomic mass is 9.94. The van der Waals surface area contributed by atoms with E-state index in [1.807, 2.05) is 0 Å². The predicted octanol–water partition coefficient (Wildman–Crippen LogP) is 4.43. The van der Waals surface area contributed by atoms with Crippen LogP contribution < -0.4 is 5.32 Å². The van der Waals surface area contributed by atoms with Crippen LogP contribution in [0.25, 0.3) is 0 Å². The van der Waals surface area contributed by atoms with Gasteiger partial charge in [-0.05, 0) is 43.9 Å². The molecule has 152 valence electrons. The third-order valence-electron chi connectivity index (χ3n) is 4.21. The highest BCUT2D eigenvalue weighted by Crippen LogP contribution is 2.39. The van der Waals surface area contributed by atoms with Gasteiger partial charge < -0.3 is 14.9 Å². The van der Waals surface area contributed by atoms with Crippen molar-refractivity contribution in [3.8, 4) is 0 Å². The number of rotatable bonds is 5. The first kappa shape index (κ1) is 21.0. The second-order valence-corrected chi connectivity index (χ2v) is 7.69. The van der Waals surface area contributed by atoms with E-state index in [9.17, 15) is 14.4 Å². The van der Waals surface area contributed by atoms with E-state index in [1.54, 1.807) is 31.2 Å². The SMILES string of the molecule is CCOC(=O)c1c(NC(C)=O)sc2c1CCC/C2=N/OC(=O)c1ccccc1Cl. The minimum absolute atomic E-state index is 0.215. The number of ether oxygens (including phenoxy) is 1. The quantitative estimate of drug-likeness (QED) is 0.426. The second kappa shape index (κ2) is 9.19. The maximum absolute atomic E-state index is 12.5. The highest BCUT2D eigenvalue weighted by atomic mass is 35.5. The Morgan fingerprint density at radius 2 is 1.97 bits per heavy atom. The second-order valence-electron chi connectivity index (χ2n) is 6.27. The lowest BCUT2D eigenvalue weighted by Gasteiger charge is -2.14. The van der Waals surface area contributed by atoms with Crippen LogP contribution in [-0.2, 0) is 20.8 Å². The maximum Gasteiger partial charge on any atom is 0.367 e. The molecule has 0 bridgehead atoms. The largest absolute Gasteiger partial charge is 0.462 e. The van der Waals surface area contributed by atoms with Gasteiger partial charge in [0.1, 0.15) is 5.00 Å². The van der Waals surface area contributed by atoms with E-state index in [4.69, 9.17) is 21.2 Å². The lowest BCUT2D eigenvalue weighted by molar-refractivity contribution is -0.114. The van der Waals surface area contributed by atoms with E-state index < -0.39 is 11.9 Å². The molecule has 0 saturated heterocycles. The predicted molar refractivity (Wildman–Crippen MR) is 111 cm³/mol. The van der Waals surface area contributed by atoms with Crippen molar-refractivity contribution in [1.82, 2.24) is 0 Å². The Bertz CT molecular complexity index is 999. The third-order valence-corrected chi connectivity index (χ3v) is 5.74. The summed E-state index contributed by atoms with van der Waals surface area (Å²) < 4.78 is 5.16. The van der Waals surface area contributed by atoms with Crippen LogP contribution in [0.2, 0.25) is 5.02 Å². The molecule has 2 aromatic rings. The van der Waals surface area contributed by atoms with Crippen molar-refractivity contribution in [1.29, 1.82) is 0 Å². The topological polar surface area (TPSA) is 94.1 Å². The summed E-state index contributed by atoms with van der Waals surface area (Å²) in [6.07, 6.45) is 1.93. The Balaban J connectivity index is 1.94. The van der Waals surface area contributed by atoms with Crippen LogP contribution in [0.4, 0.5) is 5.00 Å². The van der Waals surface area contributed by atoms with Crippen molar-refractivity contribution in [3.63, 3.8) is 0 Å². The zero-order valence-corrected chi connectivity index (χ0v) is 17.5. The fourth-order valence-electron chi connectivity index (χ4n) is 3.01. The Morgan fingerprint density at radius 1 is 1.21 bits per heavy atom. The van der Waals surface area contributed by atoms with Crippen LogP contribution in [0.3, 0.4) is 0 Å². The van der Waals surface area contributed by atoms with Crippen molar-refractivity contribution >= 4 is 51.5 Å². The molecule has 3 rings (SSSR count). The van der Waals surface area contributed by atoms with Gasteiger partial charge in [-0.2, -0.15) is 0 Å². The molecule has 1 aromatic heterocycles. The normalized spacial score (nSPS) is 14.2. The molecule has 9 heteroatoms. The van der Waals surface area contributed by atoms with E-state index in [2.05, 4.69) is 10.5 Å². The molecule has 1 aliphatic rings. The number of oxime groups is 1. The fourth-order valence-corrected chi connectivity index (χ4v) is 4.51. The van der Waals surface area contributed by atoms with Crippen LogP contribution >= 0.6 is 22.9 Å². The monoisotopic (exact) mass is 434 g/mol. The minimum Gasteiger partial charge on any atom is -0.462 e. The number of esters is 1. The highest BCUT2D eigenvalue weighted by Gasteiger charge is 2.30. The van der Waals surface area contributed by atoms with E-state index in [1.165, 1.54) is 18.3 Å². The third kappa shape index (κ3) is 4.65. The van der Waals surface area contributed by atoms with Crippen LogP contribution in [0, 0.1) is 0 Å². The van der Waals surface area contributed by atoms with Gasteiger partial charge in [-0.3, -0.25) is 4.79 Å². The van der Waals surface area contributed by atoms with E-state index in [-0.39, 0.29) is 23.1 Å². The van der Waals surface area contributed by atoms with Crippen molar-refractivity contribution in [2.24, 2.45) is 5.16 Å². The summed E-state index contributed by atoms with van der Waals surface area (Å²) in [7, 11) is 0. The molecule has 1 amide bonds. The minimum atomic E-state index is -0.667. The van der Waals surface area contributed by atoms with E-state index >= 15 is 0 Å². The molecule has 7 nitrogen and oxygen atoms in total. The van der Waals surface area contributed by atoms with Gasteiger partial charge in [0, 0.05) is 6.92 Å². The summed E-state index contributed by atoms with van der Waals surface area (Å²) in [4.78, 5) is 42.1. The molecule has 1 heterocycles. The molecule has 0 aliphatic heterocycles. The molecule has 0 radical (unpaired) electrons. The molecule has 1 aliphatic carbocycles. The van der Waals surface area contributed by atoms with Gasteiger partial charge in [-0.25, -0.2) is 9.59 Å². The van der Waals surface area contributed by atoms with Crippen molar-refractivity contribution in [2.45, 2.75) is 33.1 Å². The first-order valence-electron chi connectivity index (χ1n) is 9.05. The molecule has 0 spiro atoms. The summed E-state index contributed by atoms with van der Waals surface area (Å²) in [5.74, 6) is -1.46. The fraction of sp³-hybridized carbons (Fsp3) is 0.300. The summed E-state index contributed by atoms with van der Waals surface area (Å²) in [6.45, 7) is 3.31. The Hall–Kier alpha value is -2.71. The number of hydrogen-bond donors (Lipinski definition) is 1. The van der Waals surface area contributed by atoms with Gasteiger partial charge >= 0.3 is 11.9 Å². The van der Waals surface area contributed by atoms with Gasteiger partial charge in [0.15, 0.2) is 0 Å². The number of carbonyl (C=O) groups excluding carboxylic acids is 3. The standard InChI is InChI=1S/C20H19ClN2O5S/c1-3-27-20(26)16-13-8-6-10-15(17(13)29-18(16)22-11(2)24)23-28-19(25)12-7-4-5-9-14(12)21/h4-5,7,9H,3,6,8,10H2,1-2H3,(H,22,24)/b23-15-. The maximum atomic E-state index is 12.5. The lowest BCUT2D eigenvalue weighted by Crippen LogP contribution is -2.16. The van der Waals surface area contributed by atoms with Crippen molar-refractivity contribution < 1.29 is 24.0 Å². The zero-order valence-electron chi connectivity index (χ0n) is 15.9. The summed E-state index contributed by atoms with van der Waals surface area (Å²) in [6, 6.07) is 6.54. The Morgan fingerprint density at radius 3 is 2.66 bits per heavy atom. The molecule has 29 heavy (non-hydrogen) atoms. The molecular formula is C20H19ClN2O5S. The number of anilines is 1. The number of amides is 1. The molecule has 0 atom stereocenters. The van der Waals surface area contributed by atoms with Gasteiger partial charge in [-0.1, -0.05) is 28.9 Å². The molecule has 1 N–H and O–H groups in total. The average molecular weight is 435 g/mol. The van der Waals surface area contributed by atoms with E-state index in [0.717, 1.165) is 12.0 Å². The summed E-state index contributed by atoms with van der Waals surface area (Å²) in [5.41, 5.74) is 1.84. The molecule has 0 saturated carbocycles. The van der Waals surface area contributed by atoms with Crippen LogP contribution in [0.15, 0.2) is 29.4 Å². The smallest absolute Gasteiger partial charge is 0.367 e. The number of thiophene rings is 1. The van der Waals surface area contributed by atoms with Crippen LogP contribution in [-0.4, -0.2) is 30.2 Å². The molecule has 0 fully saturated rings. The number of nitrogens with zero attached hydrogens (tertiary/aromatic N) is 1. The van der Waals surface area contributed by atoms with Crippen LogP contribution in [0.5, 0.6) is 0 Å². The number of halogens is 1. The van der Waals surface area contributed by atoms with Gasteiger partial charge in [-0.15, -0.1) is 11.3 Å². The molecular weight excluding hydrogens is 416 g/mol. The number of fused-ring (bicyclic) bond motifs is 1. The average Bonchev–Trinajstić information content (AvgIpc) is 3.04. The Labute approximate surface area is 176 Å². The number of nitrogens with one attached hydrogen (secondary N) is 1. The number of carbonyl (C=O) groups is 3. The van der Waals surface area contributed by atoms with Crippen LogP contribution in [0.1, 0.15) is 57.8 Å². The number of hydrogen-bond acceptors (Lipinski definition) is 7. The summed E-state index contributed by atoms with van der Waals surface area (Å²) in [5, 5.41) is 7.41. The first-order valence-corrected chi connectivity index (χ1v) is 10.2. The highest BCUT2D eigenvalue weighted by molar-refractivity contribution is 7.19. The molecule has 0 unspecified atom stereocenters. The molecule has 1 aromatic carbocycles. The van der Waals surface area contributed by atoms with Crippen molar-refractivity contribution in [2.75, 3.05) is 11.9 Å². The van der Waals surface area contributed by atoms with Crippen molar-refractivity contribution in [3.05, 3.63) is 50.9 Å². The van der Waals surface area contributed by atoms with Gasteiger partial charge in [0.2, 0.25) is 5.91 Å². The first-order chi connectivity index (χ1) is 13.9. The van der Waals surface area contributed by atoms with Gasteiger partial charge in [0.25, 0.3) is 0 Å². The summed E-state index contributed by atoms with van der Waals surface area (Å²) >= 11 is 7.24. The van der Waals surface area contributed by atoms with Gasteiger partial charge in [0.05, 0.1) is 33.3 Å². The Kier molecular flexibility index (Phi) is 6.66. The van der Waals surface area contributed by atoms with E-state index in [0.29, 0.717) is 34.0 Å². The zero-order chi connectivity index (χ0) is 21.0.